The second kappa shape index (κ2) is 9.38. The molecule has 2 aromatic carbocycles. The van der Waals surface area contributed by atoms with E-state index in [-0.39, 0.29) is 5.91 Å². The predicted octanol–water partition coefficient (Wildman–Crippen LogP) is 4.79. The first kappa shape index (κ1) is 16.7. The molecule has 0 unspecified atom stereocenters. The summed E-state index contributed by atoms with van der Waals surface area (Å²) in [6.45, 7) is 0. The molecule has 2 nitrogen and oxygen atoms in total. The van der Waals surface area contributed by atoms with Gasteiger partial charge in [0.1, 0.15) is 0 Å². The molecule has 0 fully saturated rings. The van der Waals surface area contributed by atoms with E-state index in [0.29, 0.717) is 5.75 Å². The van der Waals surface area contributed by atoms with Gasteiger partial charge in [0.2, 0.25) is 5.91 Å². The summed E-state index contributed by atoms with van der Waals surface area (Å²) in [6.07, 6.45) is 6.17. The number of thioether (sulfide) groups is 2. The van der Waals surface area contributed by atoms with E-state index in [1.54, 1.807) is 23.5 Å². The minimum Gasteiger partial charge on any atom is -0.324 e. The summed E-state index contributed by atoms with van der Waals surface area (Å²) >= 11 is 3.24. The normalized spacial score (nSPS) is 10.8. The zero-order chi connectivity index (χ0) is 15.6. The highest BCUT2D eigenvalue weighted by molar-refractivity contribution is 8.00. The number of hydrogen-bond acceptors (Lipinski definition) is 3. The third-order valence-corrected chi connectivity index (χ3v) is 4.63. The first-order chi connectivity index (χ1) is 10.8. The summed E-state index contributed by atoms with van der Waals surface area (Å²) in [4.78, 5) is 13.0. The van der Waals surface area contributed by atoms with Crippen LogP contribution in [0.15, 0.2) is 65.6 Å². The Kier molecular flexibility index (Phi) is 7.13. The van der Waals surface area contributed by atoms with Crippen molar-refractivity contribution in [2.45, 2.75) is 4.90 Å². The summed E-state index contributed by atoms with van der Waals surface area (Å²) in [5, 5.41) is 2.97. The molecular weight excluding hydrogens is 310 g/mol. The summed E-state index contributed by atoms with van der Waals surface area (Å²) in [5.74, 6) is 1.33. The Balaban J connectivity index is 1.73. The molecule has 0 aromatic heterocycles. The quantitative estimate of drug-likeness (QED) is 0.585. The van der Waals surface area contributed by atoms with Crippen LogP contribution in [-0.2, 0) is 4.79 Å². The van der Waals surface area contributed by atoms with E-state index in [1.807, 2.05) is 48.7 Å². The van der Waals surface area contributed by atoms with Gasteiger partial charge in [-0.2, -0.15) is 0 Å². The van der Waals surface area contributed by atoms with Gasteiger partial charge >= 0.3 is 0 Å². The van der Waals surface area contributed by atoms with E-state index in [2.05, 4.69) is 29.6 Å². The van der Waals surface area contributed by atoms with Crippen LogP contribution in [0.2, 0.25) is 0 Å². The molecule has 1 amide bonds. The highest BCUT2D eigenvalue weighted by Crippen LogP contribution is 2.24. The molecule has 2 rings (SSSR count). The Hall–Kier alpha value is -1.65. The van der Waals surface area contributed by atoms with E-state index >= 15 is 0 Å². The standard InChI is InChI=1S/C18H19NOS2/c1-21-17-12-6-5-11-16(17)19-18(20)14-22-13-7-10-15-8-3-2-4-9-15/h2-12H,13-14H2,1H3,(H,19,20)/b10-7+. The van der Waals surface area contributed by atoms with Crippen molar-refractivity contribution in [3.05, 3.63) is 66.2 Å². The second-order valence-corrected chi connectivity index (χ2v) is 6.45. The first-order valence-electron chi connectivity index (χ1n) is 7.02. The van der Waals surface area contributed by atoms with Gasteiger partial charge in [0.15, 0.2) is 0 Å². The first-order valence-corrected chi connectivity index (χ1v) is 9.40. The lowest BCUT2D eigenvalue weighted by Crippen LogP contribution is -2.14. The molecule has 2 aromatic rings. The maximum Gasteiger partial charge on any atom is 0.234 e. The number of nitrogens with one attached hydrogen (secondary N) is 1. The lowest BCUT2D eigenvalue weighted by Gasteiger charge is -2.08. The van der Waals surface area contributed by atoms with Gasteiger partial charge in [-0.15, -0.1) is 23.5 Å². The fourth-order valence-corrected chi connectivity index (χ4v) is 3.06. The number of benzene rings is 2. The molecule has 1 N–H and O–H groups in total. The molecule has 0 radical (unpaired) electrons. The number of carbonyl (C=O) groups excluding carboxylic acids is 1. The van der Waals surface area contributed by atoms with Crippen molar-refractivity contribution in [3.8, 4) is 0 Å². The predicted molar refractivity (Wildman–Crippen MR) is 99.7 cm³/mol. The molecule has 22 heavy (non-hydrogen) atoms. The number of rotatable bonds is 7. The fourth-order valence-electron chi connectivity index (χ4n) is 1.90. The van der Waals surface area contributed by atoms with E-state index in [4.69, 9.17) is 0 Å². The minimum absolute atomic E-state index is 0.0413. The maximum atomic E-state index is 11.9. The van der Waals surface area contributed by atoms with Crippen LogP contribution in [0, 0.1) is 0 Å². The minimum atomic E-state index is 0.0413. The second-order valence-electron chi connectivity index (χ2n) is 4.58. The van der Waals surface area contributed by atoms with Gasteiger partial charge in [0, 0.05) is 10.6 Å². The smallest absolute Gasteiger partial charge is 0.234 e. The zero-order valence-electron chi connectivity index (χ0n) is 12.5. The third kappa shape index (κ3) is 5.62. The molecule has 0 aliphatic carbocycles. The topological polar surface area (TPSA) is 29.1 Å². The summed E-state index contributed by atoms with van der Waals surface area (Å²) in [5.41, 5.74) is 2.07. The van der Waals surface area contributed by atoms with Gasteiger partial charge in [-0.1, -0.05) is 54.6 Å². The van der Waals surface area contributed by atoms with Crippen molar-refractivity contribution in [2.24, 2.45) is 0 Å². The molecule has 0 spiro atoms. The Morgan fingerprint density at radius 2 is 1.82 bits per heavy atom. The lowest BCUT2D eigenvalue weighted by atomic mass is 10.2. The van der Waals surface area contributed by atoms with Gasteiger partial charge in [-0.3, -0.25) is 4.79 Å². The van der Waals surface area contributed by atoms with Crippen molar-refractivity contribution < 1.29 is 4.79 Å². The van der Waals surface area contributed by atoms with Crippen molar-refractivity contribution in [2.75, 3.05) is 23.1 Å². The molecule has 0 saturated carbocycles. The molecule has 0 saturated heterocycles. The van der Waals surface area contributed by atoms with Crippen LogP contribution >= 0.6 is 23.5 Å². The SMILES string of the molecule is CSc1ccccc1NC(=O)CSC/C=C/c1ccccc1. The van der Waals surface area contributed by atoms with Crippen LogP contribution in [-0.4, -0.2) is 23.7 Å². The van der Waals surface area contributed by atoms with Gasteiger partial charge in [-0.25, -0.2) is 0 Å². The van der Waals surface area contributed by atoms with Crippen molar-refractivity contribution in [1.29, 1.82) is 0 Å². The monoisotopic (exact) mass is 329 g/mol. The number of hydrogen-bond donors (Lipinski definition) is 1. The highest BCUT2D eigenvalue weighted by Gasteiger charge is 2.05. The van der Waals surface area contributed by atoms with Crippen LogP contribution in [0.5, 0.6) is 0 Å². The largest absolute Gasteiger partial charge is 0.324 e. The molecule has 0 bridgehead atoms. The van der Waals surface area contributed by atoms with Gasteiger partial charge in [0.05, 0.1) is 11.4 Å². The number of para-hydroxylation sites is 1. The summed E-state index contributed by atoms with van der Waals surface area (Å²) < 4.78 is 0. The van der Waals surface area contributed by atoms with Crippen molar-refractivity contribution >= 4 is 41.2 Å². The Morgan fingerprint density at radius 3 is 2.59 bits per heavy atom. The van der Waals surface area contributed by atoms with Crippen molar-refractivity contribution in [1.82, 2.24) is 0 Å². The van der Waals surface area contributed by atoms with Crippen LogP contribution in [0.25, 0.3) is 6.08 Å². The molecule has 0 aliphatic heterocycles. The average Bonchev–Trinajstić information content (AvgIpc) is 2.56. The van der Waals surface area contributed by atoms with Crippen LogP contribution in [0.3, 0.4) is 0 Å². The number of amides is 1. The zero-order valence-corrected chi connectivity index (χ0v) is 14.1. The molecule has 0 heterocycles. The third-order valence-electron chi connectivity index (χ3n) is 2.94. The van der Waals surface area contributed by atoms with Gasteiger partial charge < -0.3 is 5.32 Å². The van der Waals surface area contributed by atoms with Gasteiger partial charge in [-0.05, 0) is 24.0 Å². The van der Waals surface area contributed by atoms with E-state index in [1.165, 1.54) is 5.56 Å². The Bertz CT molecular complexity index is 626. The number of carbonyl (C=O) groups is 1. The van der Waals surface area contributed by atoms with Crippen LogP contribution in [0.1, 0.15) is 5.56 Å². The van der Waals surface area contributed by atoms with E-state index in [9.17, 15) is 4.79 Å². The molecule has 114 valence electrons. The Morgan fingerprint density at radius 1 is 1.09 bits per heavy atom. The van der Waals surface area contributed by atoms with E-state index in [0.717, 1.165) is 16.3 Å². The summed E-state index contributed by atoms with van der Waals surface area (Å²) in [6, 6.07) is 18.0. The highest BCUT2D eigenvalue weighted by atomic mass is 32.2. The Labute approximate surface area is 140 Å². The van der Waals surface area contributed by atoms with E-state index < -0.39 is 0 Å². The maximum absolute atomic E-state index is 11.9. The molecule has 0 atom stereocenters. The fraction of sp³-hybridized carbons (Fsp3) is 0.167. The molecular formula is C18H19NOS2. The number of anilines is 1. The van der Waals surface area contributed by atoms with Crippen LogP contribution in [0.4, 0.5) is 5.69 Å². The molecule has 0 aliphatic rings. The van der Waals surface area contributed by atoms with Gasteiger partial charge in [0.25, 0.3) is 0 Å². The van der Waals surface area contributed by atoms with Crippen LogP contribution < -0.4 is 5.32 Å². The lowest BCUT2D eigenvalue weighted by molar-refractivity contribution is -0.113. The van der Waals surface area contributed by atoms with Crippen molar-refractivity contribution in [3.63, 3.8) is 0 Å². The summed E-state index contributed by atoms with van der Waals surface area (Å²) in [7, 11) is 0. The average molecular weight is 329 g/mol. The molecule has 4 heteroatoms.